The van der Waals surface area contributed by atoms with Gasteiger partial charge < -0.3 is 10.4 Å². The van der Waals surface area contributed by atoms with Gasteiger partial charge in [-0.05, 0) is 49.1 Å². The van der Waals surface area contributed by atoms with Gasteiger partial charge in [0.2, 0.25) is 0 Å². The molecule has 0 aliphatic heterocycles. The lowest BCUT2D eigenvalue weighted by atomic mass is 10.1. The Bertz CT molecular complexity index is 356. The number of hydrogen-bond acceptors (Lipinski definition) is 3. The minimum Gasteiger partial charge on any atom is -0.480 e. The number of hydrogen-bond donors (Lipinski definition) is 2. The van der Waals surface area contributed by atoms with E-state index in [0.717, 1.165) is 12.2 Å². The lowest BCUT2D eigenvalue weighted by Crippen LogP contribution is -2.29. The van der Waals surface area contributed by atoms with E-state index in [1.165, 1.54) is 12.1 Å². The fourth-order valence-corrected chi connectivity index (χ4v) is 1.89. The number of carboxylic acids is 1. The van der Waals surface area contributed by atoms with Gasteiger partial charge in [0.05, 0.1) is 0 Å². The third-order valence-electron chi connectivity index (χ3n) is 2.32. The van der Waals surface area contributed by atoms with E-state index < -0.39 is 12.0 Å². The number of benzene rings is 1. The van der Waals surface area contributed by atoms with E-state index in [1.54, 1.807) is 23.9 Å². The molecule has 5 heteroatoms. The van der Waals surface area contributed by atoms with Crippen molar-refractivity contribution in [2.45, 2.75) is 18.9 Å². The summed E-state index contributed by atoms with van der Waals surface area (Å²) in [5.41, 5.74) is 0.628. The molecule has 2 N–H and O–H groups in total. The third kappa shape index (κ3) is 5.08. The number of carbonyl (C=O) groups is 1. The summed E-state index contributed by atoms with van der Waals surface area (Å²) in [6.45, 7) is 0. The van der Waals surface area contributed by atoms with E-state index in [2.05, 4.69) is 5.32 Å². The summed E-state index contributed by atoms with van der Waals surface area (Å²) in [4.78, 5) is 11.0. The molecule has 3 nitrogen and oxygen atoms in total. The molecule has 0 heterocycles. The van der Waals surface area contributed by atoms with Crippen molar-refractivity contribution in [2.24, 2.45) is 0 Å². The number of carboxylic acid groups (broad SMARTS) is 1. The normalized spacial score (nSPS) is 12.1. The summed E-state index contributed by atoms with van der Waals surface area (Å²) in [6.07, 6.45) is 3.39. The second kappa shape index (κ2) is 7.17. The zero-order valence-electron chi connectivity index (χ0n) is 9.65. The van der Waals surface area contributed by atoms with Crippen LogP contribution >= 0.6 is 11.8 Å². The van der Waals surface area contributed by atoms with Gasteiger partial charge >= 0.3 is 5.97 Å². The third-order valence-corrected chi connectivity index (χ3v) is 3.02. The minimum atomic E-state index is -0.879. The predicted octanol–water partition coefficient (Wildman–Crippen LogP) is 2.83. The highest BCUT2D eigenvalue weighted by Gasteiger charge is 2.16. The molecule has 0 aliphatic carbocycles. The van der Waals surface area contributed by atoms with Crippen molar-refractivity contribution >= 4 is 23.4 Å². The molecule has 0 amide bonds. The SMILES string of the molecule is CSCCCC(Nc1ccc(F)cc1)C(=O)O. The van der Waals surface area contributed by atoms with Gasteiger partial charge in [0.15, 0.2) is 0 Å². The minimum absolute atomic E-state index is 0.329. The first kappa shape index (κ1) is 13.8. The van der Waals surface area contributed by atoms with Gasteiger partial charge in [-0.15, -0.1) is 0 Å². The zero-order valence-corrected chi connectivity index (χ0v) is 10.5. The molecule has 1 unspecified atom stereocenters. The number of halogens is 1. The van der Waals surface area contributed by atoms with Crippen molar-refractivity contribution in [1.29, 1.82) is 0 Å². The van der Waals surface area contributed by atoms with Crippen LogP contribution in [0.4, 0.5) is 10.1 Å². The van der Waals surface area contributed by atoms with Crippen LogP contribution in [0.2, 0.25) is 0 Å². The van der Waals surface area contributed by atoms with Crippen molar-refractivity contribution in [3.05, 3.63) is 30.1 Å². The number of thioether (sulfide) groups is 1. The number of aliphatic carboxylic acids is 1. The Morgan fingerprint density at radius 3 is 2.65 bits per heavy atom. The van der Waals surface area contributed by atoms with E-state index in [0.29, 0.717) is 12.1 Å². The number of nitrogens with one attached hydrogen (secondary N) is 1. The fraction of sp³-hybridized carbons (Fsp3) is 0.417. The van der Waals surface area contributed by atoms with E-state index in [1.807, 2.05) is 6.26 Å². The number of anilines is 1. The molecule has 0 saturated carbocycles. The van der Waals surface area contributed by atoms with Gasteiger partial charge in [-0.3, -0.25) is 0 Å². The summed E-state index contributed by atoms with van der Waals surface area (Å²) in [7, 11) is 0. The standard InChI is InChI=1S/C12H16FNO2S/c1-17-8-2-3-11(12(15)16)14-10-6-4-9(13)5-7-10/h4-7,11,14H,2-3,8H2,1H3,(H,15,16). The molecule has 0 aliphatic rings. The van der Waals surface area contributed by atoms with Gasteiger partial charge in [0, 0.05) is 5.69 Å². The molecule has 17 heavy (non-hydrogen) atoms. The summed E-state index contributed by atoms with van der Waals surface area (Å²) in [5, 5.41) is 11.9. The summed E-state index contributed by atoms with van der Waals surface area (Å²) in [6, 6.07) is 5.08. The lowest BCUT2D eigenvalue weighted by Gasteiger charge is -2.15. The van der Waals surface area contributed by atoms with Gasteiger partial charge in [-0.25, -0.2) is 9.18 Å². The Morgan fingerprint density at radius 2 is 2.12 bits per heavy atom. The van der Waals surface area contributed by atoms with Crippen LogP contribution in [0.5, 0.6) is 0 Å². The molecule has 94 valence electrons. The molecule has 0 fully saturated rings. The van der Waals surface area contributed by atoms with E-state index in [4.69, 9.17) is 5.11 Å². The number of rotatable bonds is 7. The molecule has 1 rings (SSSR count). The first-order chi connectivity index (χ1) is 8.13. The van der Waals surface area contributed by atoms with Crippen LogP contribution in [0.25, 0.3) is 0 Å². The first-order valence-corrected chi connectivity index (χ1v) is 6.76. The maximum Gasteiger partial charge on any atom is 0.326 e. The van der Waals surface area contributed by atoms with Crippen LogP contribution in [0.15, 0.2) is 24.3 Å². The predicted molar refractivity (Wildman–Crippen MR) is 69.1 cm³/mol. The van der Waals surface area contributed by atoms with Crippen molar-refractivity contribution in [3.8, 4) is 0 Å². The molecular weight excluding hydrogens is 241 g/mol. The maximum absolute atomic E-state index is 12.7. The lowest BCUT2D eigenvalue weighted by molar-refractivity contribution is -0.138. The smallest absolute Gasteiger partial charge is 0.326 e. The van der Waals surface area contributed by atoms with Gasteiger partial charge in [0.1, 0.15) is 11.9 Å². The summed E-state index contributed by atoms with van der Waals surface area (Å²) < 4.78 is 12.7. The average Bonchev–Trinajstić information content (AvgIpc) is 2.30. The Morgan fingerprint density at radius 1 is 1.47 bits per heavy atom. The maximum atomic E-state index is 12.7. The molecule has 1 aromatic carbocycles. The fourth-order valence-electron chi connectivity index (χ4n) is 1.44. The van der Waals surface area contributed by atoms with Crippen LogP contribution in [0.1, 0.15) is 12.8 Å². The molecule has 1 atom stereocenters. The second-order valence-electron chi connectivity index (χ2n) is 3.68. The van der Waals surface area contributed by atoms with Crippen LogP contribution in [0.3, 0.4) is 0 Å². The van der Waals surface area contributed by atoms with Crippen molar-refractivity contribution in [1.82, 2.24) is 0 Å². The van der Waals surface area contributed by atoms with Crippen LogP contribution in [0, 0.1) is 5.82 Å². The monoisotopic (exact) mass is 257 g/mol. The molecule has 0 saturated heterocycles. The van der Waals surface area contributed by atoms with Crippen LogP contribution in [-0.4, -0.2) is 29.1 Å². The highest BCUT2D eigenvalue weighted by Crippen LogP contribution is 2.13. The van der Waals surface area contributed by atoms with Crippen LogP contribution in [-0.2, 0) is 4.79 Å². The Balaban J connectivity index is 2.54. The molecule has 0 spiro atoms. The van der Waals surface area contributed by atoms with Gasteiger partial charge in [-0.2, -0.15) is 11.8 Å². The van der Waals surface area contributed by atoms with E-state index in [-0.39, 0.29) is 5.82 Å². The Hall–Kier alpha value is -1.23. The van der Waals surface area contributed by atoms with E-state index in [9.17, 15) is 9.18 Å². The van der Waals surface area contributed by atoms with Gasteiger partial charge in [0.25, 0.3) is 0 Å². The molecule has 0 aromatic heterocycles. The van der Waals surface area contributed by atoms with Crippen LogP contribution < -0.4 is 5.32 Å². The van der Waals surface area contributed by atoms with E-state index >= 15 is 0 Å². The average molecular weight is 257 g/mol. The Labute approximate surface area is 104 Å². The highest BCUT2D eigenvalue weighted by molar-refractivity contribution is 7.98. The molecule has 0 bridgehead atoms. The highest BCUT2D eigenvalue weighted by atomic mass is 32.2. The zero-order chi connectivity index (χ0) is 12.7. The molecule has 1 aromatic rings. The quantitative estimate of drug-likeness (QED) is 0.737. The second-order valence-corrected chi connectivity index (χ2v) is 4.66. The van der Waals surface area contributed by atoms with Crippen molar-refractivity contribution < 1.29 is 14.3 Å². The summed E-state index contributed by atoms with van der Waals surface area (Å²) in [5.74, 6) is -0.269. The van der Waals surface area contributed by atoms with Crippen molar-refractivity contribution in [2.75, 3.05) is 17.3 Å². The largest absolute Gasteiger partial charge is 0.480 e. The van der Waals surface area contributed by atoms with Crippen molar-refractivity contribution in [3.63, 3.8) is 0 Å². The first-order valence-electron chi connectivity index (χ1n) is 5.37. The topological polar surface area (TPSA) is 49.3 Å². The molecule has 0 radical (unpaired) electrons. The Kier molecular flexibility index (Phi) is 5.83. The summed E-state index contributed by atoms with van der Waals surface area (Å²) >= 11 is 1.69. The molecular formula is C12H16FNO2S. The van der Waals surface area contributed by atoms with Gasteiger partial charge in [-0.1, -0.05) is 0 Å².